The molecule has 0 aliphatic carbocycles. The first-order chi connectivity index (χ1) is 16.5. The zero-order valence-corrected chi connectivity index (χ0v) is 19.0. The summed E-state index contributed by atoms with van der Waals surface area (Å²) in [6.07, 6.45) is 1.56. The molecule has 0 saturated carbocycles. The van der Waals surface area contributed by atoms with Crippen LogP contribution < -0.4 is 28.4 Å². The van der Waals surface area contributed by atoms with E-state index in [4.69, 9.17) is 28.4 Å². The fraction of sp³-hybridized carbons (Fsp3) is 0.154. The van der Waals surface area contributed by atoms with Crippen molar-refractivity contribution < 1.29 is 38.0 Å². The molecule has 0 N–H and O–H groups in total. The summed E-state index contributed by atoms with van der Waals surface area (Å²) in [6.45, 7) is 0. The lowest BCUT2D eigenvalue weighted by atomic mass is 10.1. The number of allylic oxidation sites excluding steroid dienone is 1. The number of ketones is 1. The Bertz CT molecular complexity index is 1290. The summed E-state index contributed by atoms with van der Waals surface area (Å²) < 4.78 is 32.6. The summed E-state index contributed by atoms with van der Waals surface area (Å²) in [5.41, 5.74) is 1.20. The fourth-order valence-electron chi connectivity index (χ4n) is 3.59. The zero-order valence-electron chi connectivity index (χ0n) is 19.0. The van der Waals surface area contributed by atoms with E-state index in [0.29, 0.717) is 34.1 Å². The van der Waals surface area contributed by atoms with E-state index in [-0.39, 0.29) is 28.6 Å². The number of hydrogen-bond donors (Lipinski definition) is 0. The van der Waals surface area contributed by atoms with Gasteiger partial charge in [0.1, 0.15) is 22.8 Å². The van der Waals surface area contributed by atoms with Crippen LogP contribution in [0.4, 0.5) is 0 Å². The van der Waals surface area contributed by atoms with Gasteiger partial charge in [-0.25, -0.2) is 4.79 Å². The van der Waals surface area contributed by atoms with Crippen molar-refractivity contribution in [2.45, 2.75) is 0 Å². The molecule has 0 bridgehead atoms. The van der Waals surface area contributed by atoms with E-state index in [1.54, 1.807) is 48.5 Å². The minimum absolute atomic E-state index is 0.0914. The Hall–Kier alpha value is -4.46. The molecule has 1 aliphatic rings. The van der Waals surface area contributed by atoms with Crippen molar-refractivity contribution in [3.05, 3.63) is 77.0 Å². The van der Waals surface area contributed by atoms with Crippen LogP contribution in [0.2, 0.25) is 0 Å². The van der Waals surface area contributed by atoms with E-state index >= 15 is 0 Å². The van der Waals surface area contributed by atoms with Crippen molar-refractivity contribution in [2.24, 2.45) is 0 Å². The lowest BCUT2D eigenvalue weighted by Gasteiger charge is -2.14. The Morgan fingerprint density at radius 3 is 2.26 bits per heavy atom. The summed E-state index contributed by atoms with van der Waals surface area (Å²) in [6, 6.07) is 14.8. The SMILES string of the molecule is COc1ccccc1C(=O)Oc1ccc2c(c1)O/C(=C\c1ccc(OC)c(OC)c1OC)C2=O. The normalized spacial score (nSPS) is 13.2. The smallest absolute Gasteiger partial charge is 0.347 e. The van der Waals surface area contributed by atoms with Crippen molar-refractivity contribution in [3.63, 3.8) is 0 Å². The van der Waals surface area contributed by atoms with E-state index in [1.165, 1.54) is 40.6 Å². The van der Waals surface area contributed by atoms with Crippen LogP contribution in [0.1, 0.15) is 26.3 Å². The highest BCUT2D eigenvalue weighted by molar-refractivity contribution is 6.14. The van der Waals surface area contributed by atoms with E-state index in [0.717, 1.165) is 0 Å². The highest BCUT2D eigenvalue weighted by Crippen LogP contribution is 2.42. The molecule has 8 nitrogen and oxygen atoms in total. The standard InChI is InChI=1S/C26H22O8/c1-29-19-8-6-5-7-18(19)26(28)33-16-10-11-17-21(14-16)34-22(23(17)27)13-15-9-12-20(30-2)25(32-4)24(15)31-3/h5-14H,1-4H3/b22-13-. The quantitative estimate of drug-likeness (QED) is 0.287. The maximum Gasteiger partial charge on any atom is 0.347 e. The van der Waals surface area contributed by atoms with Crippen molar-refractivity contribution in [1.82, 2.24) is 0 Å². The second-order valence-electron chi connectivity index (χ2n) is 7.11. The summed E-state index contributed by atoms with van der Waals surface area (Å²) in [5.74, 6) is 1.38. The van der Waals surface area contributed by atoms with Crippen molar-refractivity contribution >= 4 is 17.8 Å². The van der Waals surface area contributed by atoms with Crippen LogP contribution in [0.5, 0.6) is 34.5 Å². The van der Waals surface area contributed by atoms with Gasteiger partial charge in [-0.1, -0.05) is 12.1 Å². The van der Waals surface area contributed by atoms with Gasteiger partial charge in [0.05, 0.1) is 34.0 Å². The van der Waals surface area contributed by atoms with Gasteiger partial charge in [0, 0.05) is 11.6 Å². The van der Waals surface area contributed by atoms with Gasteiger partial charge in [0.25, 0.3) is 0 Å². The molecule has 8 heteroatoms. The molecule has 4 rings (SSSR count). The molecule has 3 aromatic carbocycles. The number of carbonyl (C=O) groups excluding carboxylic acids is 2. The zero-order chi connectivity index (χ0) is 24.2. The van der Waals surface area contributed by atoms with Gasteiger partial charge in [0.15, 0.2) is 17.3 Å². The number of methoxy groups -OCH3 is 4. The minimum atomic E-state index is -0.590. The third kappa shape index (κ3) is 4.13. The van der Waals surface area contributed by atoms with Gasteiger partial charge in [0.2, 0.25) is 11.5 Å². The fourth-order valence-corrected chi connectivity index (χ4v) is 3.59. The van der Waals surface area contributed by atoms with Crippen LogP contribution >= 0.6 is 0 Å². The van der Waals surface area contributed by atoms with Gasteiger partial charge in [-0.2, -0.15) is 0 Å². The number of para-hydroxylation sites is 1. The van der Waals surface area contributed by atoms with E-state index in [1.807, 2.05) is 0 Å². The lowest BCUT2D eigenvalue weighted by molar-refractivity contribution is 0.0731. The summed E-state index contributed by atoms with van der Waals surface area (Å²) in [4.78, 5) is 25.5. The van der Waals surface area contributed by atoms with Crippen LogP contribution in [-0.4, -0.2) is 40.2 Å². The van der Waals surface area contributed by atoms with Gasteiger partial charge >= 0.3 is 5.97 Å². The number of benzene rings is 3. The van der Waals surface area contributed by atoms with E-state index < -0.39 is 5.97 Å². The van der Waals surface area contributed by atoms with Crippen LogP contribution in [-0.2, 0) is 0 Å². The summed E-state index contributed by atoms with van der Waals surface area (Å²) in [5, 5.41) is 0. The van der Waals surface area contributed by atoms with Crippen molar-refractivity contribution in [2.75, 3.05) is 28.4 Å². The van der Waals surface area contributed by atoms with Crippen LogP contribution in [0.3, 0.4) is 0 Å². The first-order valence-electron chi connectivity index (χ1n) is 10.2. The third-order valence-corrected chi connectivity index (χ3v) is 5.20. The van der Waals surface area contributed by atoms with E-state index in [2.05, 4.69) is 0 Å². The first kappa shape index (κ1) is 22.7. The van der Waals surface area contributed by atoms with E-state index in [9.17, 15) is 9.59 Å². The molecular weight excluding hydrogens is 440 g/mol. The molecule has 0 fully saturated rings. The number of esters is 1. The Kier molecular flexibility index (Phi) is 6.40. The average molecular weight is 462 g/mol. The van der Waals surface area contributed by atoms with Crippen LogP contribution in [0.25, 0.3) is 6.08 Å². The monoisotopic (exact) mass is 462 g/mol. The number of hydrogen-bond acceptors (Lipinski definition) is 8. The predicted molar refractivity (Wildman–Crippen MR) is 123 cm³/mol. The molecule has 34 heavy (non-hydrogen) atoms. The number of carbonyl (C=O) groups is 2. The van der Waals surface area contributed by atoms with Gasteiger partial charge in [-0.05, 0) is 42.5 Å². The van der Waals surface area contributed by atoms with Crippen molar-refractivity contribution in [1.29, 1.82) is 0 Å². The number of Topliss-reactive ketones (excluding diaryl/α,β-unsaturated/α-hetero) is 1. The number of ether oxygens (including phenoxy) is 6. The Morgan fingerprint density at radius 1 is 0.824 bits per heavy atom. The Morgan fingerprint density at radius 2 is 1.56 bits per heavy atom. The molecule has 3 aromatic rings. The number of fused-ring (bicyclic) bond motifs is 1. The first-order valence-corrected chi connectivity index (χ1v) is 10.2. The van der Waals surface area contributed by atoms with Crippen molar-refractivity contribution in [3.8, 4) is 34.5 Å². The molecule has 0 unspecified atom stereocenters. The summed E-state index contributed by atoms with van der Waals surface area (Å²) in [7, 11) is 5.99. The maximum atomic E-state index is 12.9. The molecule has 0 saturated heterocycles. The Balaban J connectivity index is 1.61. The topological polar surface area (TPSA) is 89.5 Å². The third-order valence-electron chi connectivity index (χ3n) is 5.20. The van der Waals surface area contributed by atoms with Crippen LogP contribution in [0, 0.1) is 0 Å². The maximum absolute atomic E-state index is 12.9. The molecular formula is C26H22O8. The molecule has 0 atom stereocenters. The lowest BCUT2D eigenvalue weighted by Crippen LogP contribution is -2.10. The average Bonchev–Trinajstić information content (AvgIpc) is 3.17. The van der Waals surface area contributed by atoms with Crippen LogP contribution in [0.15, 0.2) is 60.4 Å². The molecule has 0 radical (unpaired) electrons. The highest BCUT2D eigenvalue weighted by Gasteiger charge is 2.29. The molecule has 0 amide bonds. The highest BCUT2D eigenvalue weighted by atomic mass is 16.5. The molecule has 1 heterocycles. The summed E-state index contributed by atoms with van der Waals surface area (Å²) >= 11 is 0. The molecule has 1 aliphatic heterocycles. The molecule has 0 aromatic heterocycles. The molecule has 174 valence electrons. The second kappa shape index (κ2) is 9.58. The molecule has 0 spiro atoms. The number of rotatable bonds is 7. The largest absolute Gasteiger partial charge is 0.496 e. The minimum Gasteiger partial charge on any atom is -0.496 e. The van der Waals surface area contributed by atoms with Gasteiger partial charge in [-0.15, -0.1) is 0 Å². The van der Waals surface area contributed by atoms with Gasteiger partial charge in [-0.3, -0.25) is 4.79 Å². The second-order valence-corrected chi connectivity index (χ2v) is 7.11. The van der Waals surface area contributed by atoms with Gasteiger partial charge < -0.3 is 28.4 Å². The predicted octanol–water partition coefficient (Wildman–Crippen LogP) is 4.56. The Labute approximate surface area is 196 Å².